The number of hydrogen-bond donors (Lipinski definition) is 1. The van der Waals surface area contributed by atoms with Gasteiger partial charge < -0.3 is 10.6 Å². The quantitative estimate of drug-likeness (QED) is 0.810. The molecular formula is C13H20FN3. The smallest absolute Gasteiger partial charge is 0.129 e. The molecule has 0 unspecified atom stereocenters. The molecule has 0 amide bonds. The average molecular weight is 237 g/mol. The monoisotopic (exact) mass is 237 g/mol. The lowest BCUT2D eigenvalue weighted by Crippen LogP contribution is -2.45. The van der Waals surface area contributed by atoms with Gasteiger partial charge in [0, 0.05) is 44.0 Å². The van der Waals surface area contributed by atoms with Crippen LogP contribution in [0.25, 0.3) is 0 Å². The molecule has 3 nitrogen and oxygen atoms in total. The van der Waals surface area contributed by atoms with Gasteiger partial charge in [-0.05, 0) is 18.7 Å². The standard InChI is InChI=1S/C13H20FN3/c1-2-16-6-8-17(9-7-16)10-11-12(14)4-3-5-13(11)15/h3-5H,2,6-10,15H2,1H3. The Morgan fingerprint density at radius 3 is 2.41 bits per heavy atom. The minimum atomic E-state index is -0.192. The number of nitrogen functional groups attached to an aromatic ring is 1. The number of halogens is 1. The van der Waals surface area contributed by atoms with Crippen molar-refractivity contribution in [1.29, 1.82) is 0 Å². The molecule has 1 aliphatic rings. The second-order valence-corrected chi connectivity index (χ2v) is 4.52. The van der Waals surface area contributed by atoms with E-state index in [1.807, 2.05) is 0 Å². The van der Waals surface area contributed by atoms with Crippen LogP contribution in [0.2, 0.25) is 0 Å². The maximum absolute atomic E-state index is 13.6. The SMILES string of the molecule is CCN1CCN(Cc2c(N)cccc2F)CC1. The number of likely N-dealkylation sites (N-methyl/N-ethyl adjacent to an activating group) is 1. The maximum Gasteiger partial charge on any atom is 0.129 e. The highest BCUT2D eigenvalue weighted by Gasteiger charge is 2.17. The zero-order valence-corrected chi connectivity index (χ0v) is 10.3. The van der Waals surface area contributed by atoms with Crippen LogP contribution in [0, 0.1) is 5.82 Å². The van der Waals surface area contributed by atoms with Crippen LogP contribution in [0.5, 0.6) is 0 Å². The molecule has 1 saturated heterocycles. The van der Waals surface area contributed by atoms with Crippen molar-refractivity contribution in [2.45, 2.75) is 13.5 Å². The Morgan fingerprint density at radius 2 is 1.82 bits per heavy atom. The van der Waals surface area contributed by atoms with Crippen molar-refractivity contribution in [2.75, 3.05) is 38.5 Å². The molecule has 0 radical (unpaired) electrons. The zero-order chi connectivity index (χ0) is 12.3. The van der Waals surface area contributed by atoms with Gasteiger partial charge in [0.05, 0.1) is 0 Å². The van der Waals surface area contributed by atoms with Crippen LogP contribution >= 0.6 is 0 Å². The molecule has 17 heavy (non-hydrogen) atoms. The lowest BCUT2D eigenvalue weighted by atomic mass is 10.1. The number of anilines is 1. The van der Waals surface area contributed by atoms with Gasteiger partial charge >= 0.3 is 0 Å². The van der Waals surface area contributed by atoms with E-state index in [9.17, 15) is 4.39 Å². The van der Waals surface area contributed by atoms with Gasteiger partial charge in [-0.1, -0.05) is 13.0 Å². The fourth-order valence-electron chi connectivity index (χ4n) is 2.23. The third kappa shape index (κ3) is 2.96. The summed E-state index contributed by atoms with van der Waals surface area (Å²) >= 11 is 0. The molecule has 2 rings (SSSR count). The number of hydrogen-bond acceptors (Lipinski definition) is 3. The van der Waals surface area contributed by atoms with E-state index in [-0.39, 0.29) is 5.82 Å². The molecule has 0 aliphatic carbocycles. The van der Waals surface area contributed by atoms with E-state index in [0.29, 0.717) is 17.8 Å². The average Bonchev–Trinajstić information content (AvgIpc) is 2.35. The highest BCUT2D eigenvalue weighted by atomic mass is 19.1. The van der Waals surface area contributed by atoms with Gasteiger partial charge in [0.15, 0.2) is 0 Å². The Bertz CT molecular complexity index is 353. The van der Waals surface area contributed by atoms with E-state index < -0.39 is 0 Å². The summed E-state index contributed by atoms with van der Waals surface area (Å²) in [4.78, 5) is 4.67. The fourth-order valence-corrected chi connectivity index (χ4v) is 2.23. The highest BCUT2D eigenvalue weighted by Crippen LogP contribution is 2.18. The van der Waals surface area contributed by atoms with Crippen LogP contribution in [0.4, 0.5) is 10.1 Å². The molecule has 0 atom stereocenters. The van der Waals surface area contributed by atoms with Crippen molar-refractivity contribution >= 4 is 5.69 Å². The van der Waals surface area contributed by atoms with Gasteiger partial charge in [-0.2, -0.15) is 0 Å². The Kier molecular flexibility index (Phi) is 3.97. The highest BCUT2D eigenvalue weighted by molar-refractivity contribution is 5.47. The number of nitrogens with two attached hydrogens (primary N) is 1. The van der Waals surface area contributed by atoms with Crippen molar-refractivity contribution in [3.05, 3.63) is 29.6 Å². The Labute approximate surface area is 102 Å². The van der Waals surface area contributed by atoms with Crippen molar-refractivity contribution < 1.29 is 4.39 Å². The van der Waals surface area contributed by atoms with Crippen molar-refractivity contribution in [1.82, 2.24) is 9.80 Å². The minimum absolute atomic E-state index is 0.192. The van der Waals surface area contributed by atoms with Crippen molar-refractivity contribution in [2.24, 2.45) is 0 Å². The molecule has 1 aromatic carbocycles. The molecule has 4 heteroatoms. The van der Waals surface area contributed by atoms with E-state index in [4.69, 9.17) is 5.73 Å². The van der Waals surface area contributed by atoms with Gasteiger partial charge in [0.2, 0.25) is 0 Å². The third-order valence-corrected chi connectivity index (χ3v) is 3.45. The lowest BCUT2D eigenvalue weighted by Gasteiger charge is -2.34. The first kappa shape index (κ1) is 12.3. The van der Waals surface area contributed by atoms with E-state index >= 15 is 0 Å². The third-order valence-electron chi connectivity index (χ3n) is 3.45. The predicted octanol–water partition coefficient (Wildman–Crippen LogP) is 1.55. The minimum Gasteiger partial charge on any atom is -0.398 e. The van der Waals surface area contributed by atoms with Gasteiger partial charge in [0.25, 0.3) is 0 Å². The normalized spacial score (nSPS) is 18.5. The molecule has 94 valence electrons. The van der Waals surface area contributed by atoms with E-state index in [2.05, 4.69) is 16.7 Å². The maximum atomic E-state index is 13.6. The van der Waals surface area contributed by atoms with Gasteiger partial charge in [-0.25, -0.2) is 4.39 Å². The van der Waals surface area contributed by atoms with Gasteiger partial charge in [-0.3, -0.25) is 4.90 Å². The van der Waals surface area contributed by atoms with Crippen molar-refractivity contribution in [3.63, 3.8) is 0 Å². The molecular weight excluding hydrogens is 217 g/mol. The number of benzene rings is 1. The second kappa shape index (κ2) is 5.47. The second-order valence-electron chi connectivity index (χ2n) is 4.52. The van der Waals surface area contributed by atoms with E-state index in [1.165, 1.54) is 6.07 Å². The molecule has 0 aromatic heterocycles. The summed E-state index contributed by atoms with van der Waals surface area (Å²) in [6.45, 7) is 7.98. The van der Waals surface area contributed by atoms with Crippen LogP contribution in [0.1, 0.15) is 12.5 Å². The molecule has 0 saturated carbocycles. The number of piperazine rings is 1. The Morgan fingerprint density at radius 1 is 1.18 bits per heavy atom. The Hall–Kier alpha value is -1.13. The summed E-state index contributed by atoms with van der Waals surface area (Å²) < 4.78 is 13.6. The fraction of sp³-hybridized carbons (Fsp3) is 0.538. The number of rotatable bonds is 3. The van der Waals surface area contributed by atoms with E-state index in [0.717, 1.165) is 32.7 Å². The number of nitrogens with zero attached hydrogens (tertiary/aromatic N) is 2. The summed E-state index contributed by atoms with van der Waals surface area (Å²) in [6.07, 6.45) is 0. The molecule has 2 N–H and O–H groups in total. The first-order valence-electron chi connectivity index (χ1n) is 6.18. The summed E-state index contributed by atoms with van der Waals surface area (Å²) in [5.74, 6) is -0.192. The largest absolute Gasteiger partial charge is 0.398 e. The molecule has 1 fully saturated rings. The van der Waals surface area contributed by atoms with Gasteiger partial charge in [-0.15, -0.1) is 0 Å². The van der Waals surface area contributed by atoms with Crippen molar-refractivity contribution in [3.8, 4) is 0 Å². The zero-order valence-electron chi connectivity index (χ0n) is 10.3. The van der Waals surface area contributed by atoms with Gasteiger partial charge in [0.1, 0.15) is 5.82 Å². The first-order chi connectivity index (χ1) is 8.20. The molecule has 1 heterocycles. The summed E-state index contributed by atoms with van der Waals surface area (Å²) in [5, 5.41) is 0. The van der Waals surface area contributed by atoms with Crippen LogP contribution in [-0.4, -0.2) is 42.5 Å². The van der Waals surface area contributed by atoms with Crippen LogP contribution in [0.3, 0.4) is 0 Å². The summed E-state index contributed by atoms with van der Waals surface area (Å²) in [5.41, 5.74) is 7.01. The molecule has 0 bridgehead atoms. The van der Waals surface area contributed by atoms with Crippen LogP contribution < -0.4 is 5.73 Å². The summed E-state index contributed by atoms with van der Waals surface area (Å²) in [7, 11) is 0. The first-order valence-corrected chi connectivity index (χ1v) is 6.18. The van der Waals surface area contributed by atoms with Crippen LogP contribution in [0.15, 0.2) is 18.2 Å². The lowest BCUT2D eigenvalue weighted by molar-refractivity contribution is 0.131. The molecule has 0 spiro atoms. The summed E-state index contributed by atoms with van der Waals surface area (Å²) in [6, 6.07) is 4.90. The Balaban J connectivity index is 1.98. The topological polar surface area (TPSA) is 32.5 Å². The van der Waals surface area contributed by atoms with E-state index in [1.54, 1.807) is 12.1 Å². The predicted molar refractivity (Wildman–Crippen MR) is 68.2 cm³/mol. The van der Waals surface area contributed by atoms with Crippen LogP contribution in [-0.2, 0) is 6.54 Å². The molecule has 1 aliphatic heterocycles. The molecule has 1 aromatic rings.